The average Bonchev–Trinajstić information content (AvgIpc) is 3.28. The van der Waals surface area contributed by atoms with Crippen molar-refractivity contribution >= 4 is 11.6 Å². The molecule has 2 aromatic carbocycles. The molecule has 0 saturated heterocycles. The number of nitrogens with two attached hydrogens (primary N) is 1. The topological polar surface area (TPSA) is 35.2 Å². The number of benzene rings is 2. The smallest absolute Gasteiger partial charge is 0.121 e. The monoisotopic (exact) mass is 301 g/mol. The summed E-state index contributed by atoms with van der Waals surface area (Å²) in [7, 11) is 0. The third-order valence-corrected chi connectivity index (χ3v) is 4.46. The number of halogens is 1. The number of ether oxygens (including phenoxy) is 1. The van der Waals surface area contributed by atoms with Crippen molar-refractivity contribution in [3.63, 3.8) is 0 Å². The Morgan fingerprint density at radius 2 is 1.90 bits per heavy atom. The largest absolute Gasteiger partial charge is 0.489 e. The highest BCUT2D eigenvalue weighted by Crippen LogP contribution is 2.49. The van der Waals surface area contributed by atoms with E-state index in [4.69, 9.17) is 22.1 Å². The van der Waals surface area contributed by atoms with E-state index in [1.807, 2.05) is 37.3 Å². The lowest BCUT2D eigenvalue weighted by molar-refractivity contribution is 0.178. The van der Waals surface area contributed by atoms with E-state index in [0.717, 1.165) is 12.2 Å². The number of hydrogen-bond donors (Lipinski definition) is 1. The zero-order valence-corrected chi connectivity index (χ0v) is 12.8. The van der Waals surface area contributed by atoms with Crippen LogP contribution in [0.25, 0.3) is 0 Å². The molecule has 0 aliphatic heterocycles. The van der Waals surface area contributed by atoms with E-state index in [-0.39, 0.29) is 12.1 Å². The van der Waals surface area contributed by atoms with E-state index in [1.54, 1.807) is 0 Å². The van der Waals surface area contributed by atoms with Crippen LogP contribution in [0, 0.1) is 5.92 Å². The summed E-state index contributed by atoms with van der Waals surface area (Å²) in [5, 5.41) is 0.682. The lowest BCUT2D eigenvalue weighted by atomic mass is 10.0. The highest BCUT2D eigenvalue weighted by Gasteiger charge is 2.44. The van der Waals surface area contributed by atoms with Crippen LogP contribution in [0.2, 0.25) is 5.02 Å². The van der Waals surface area contributed by atoms with Gasteiger partial charge in [0, 0.05) is 11.1 Å². The van der Waals surface area contributed by atoms with Crippen LogP contribution in [-0.2, 0) is 0 Å². The maximum Gasteiger partial charge on any atom is 0.121 e. The van der Waals surface area contributed by atoms with Crippen molar-refractivity contribution in [1.29, 1.82) is 0 Å². The summed E-state index contributed by atoms with van der Waals surface area (Å²) in [5.41, 5.74) is 7.76. The first-order chi connectivity index (χ1) is 10.1. The lowest BCUT2D eigenvalue weighted by Gasteiger charge is -2.22. The van der Waals surface area contributed by atoms with Crippen LogP contribution in [0.4, 0.5) is 0 Å². The van der Waals surface area contributed by atoms with Gasteiger partial charge in [0.05, 0.1) is 0 Å². The SMILES string of the molecule is CC(Oc1cccc(Cl)c1)C(N)C1CC1c1ccccc1. The molecule has 4 atom stereocenters. The zero-order valence-electron chi connectivity index (χ0n) is 12.1. The van der Waals surface area contributed by atoms with Gasteiger partial charge < -0.3 is 10.5 Å². The van der Waals surface area contributed by atoms with Gasteiger partial charge in [0.25, 0.3) is 0 Å². The van der Waals surface area contributed by atoms with Crippen molar-refractivity contribution in [3.8, 4) is 5.75 Å². The summed E-state index contributed by atoms with van der Waals surface area (Å²) in [4.78, 5) is 0. The summed E-state index contributed by atoms with van der Waals surface area (Å²) in [6.45, 7) is 2.03. The molecule has 110 valence electrons. The second kappa shape index (κ2) is 6.08. The van der Waals surface area contributed by atoms with Crippen LogP contribution in [0.3, 0.4) is 0 Å². The van der Waals surface area contributed by atoms with Crippen molar-refractivity contribution in [3.05, 3.63) is 65.2 Å². The lowest BCUT2D eigenvalue weighted by Crippen LogP contribution is -2.38. The normalized spacial score (nSPS) is 23.4. The van der Waals surface area contributed by atoms with Gasteiger partial charge in [0.2, 0.25) is 0 Å². The third-order valence-electron chi connectivity index (χ3n) is 4.22. The van der Waals surface area contributed by atoms with Gasteiger partial charge in [0.1, 0.15) is 11.9 Å². The second-order valence-electron chi connectivity index (χ2n) is 5.77. The summed E-state index contributed by atoms with van der Waals surface area (Å²) in [6.07, 6.45) is 1.12. The molecule has 0 aromatic heterocycles. The molecule has 0 heterocycles. The summed E-state index contributed by atoms with van der Waals surface area (Å²) in [6, 6.07) is 18.1. The van der Waals surface area contributed by atoms with Gasteiger partial charge in [-0.25, -0.2) is 0 Å². The Morgan fingerprint density at radius 3 is 2.62 bits per heavy atom. The molecule has 2 nitrogen and oxygen atoms in total. The highest BCUT2D eigenvalue weighted by molar-refractivity contribution is 6.30. The Hall–Kier alpha value is -1.51. The first kappa shape index (κ1) is 14.4. The number of rotatable bonds is 5. The van der Waals surface area contributed by atoms with E-state index >= 15 is 0 Å². The predicted molar refractivity (Wildman–Crippen MR) is 86.8 cm³/mol. The molecule has 0 bridgehead atoms. The van der Waals surface area contributed by atoms with Gasteiger partial charge in [-0.3, -0.25) is 0 Å². The Labute approximate surface area is 130 Å². The molecule has 2 aromatic rings. The molecule has 1 saturated carbocycles. The van der Waals surface area contributed by atoms with Crippen LogP contribution in [0.15, 0.2) is 54.6 Å². The van der Waals surface area contributed by atoms with E-state index in [0.29, 0.717) is 16.9 Å². The van der Waals surface area contributed by atoms with Crippen molar-refractivity contribution in [2.75, 3.05) is 0 Å². The minimum Gasteiger partial charge on any atom is -0.489 e. The van der Waals surface area contributed by atoms with Crippen molar-refractivity contribution in [2.24, 2.45) is 11.7 Å². The molecule has 1 fully saturated rings. The van der Waals surface area contributed by atoms with Crippen LogP contribution in [0.5, 0.6) is 5.75 Å². The summed E-state index contributed by atoms with van der Waals surface area (Å²) in [5.74, 6) is 1.86. The van der Waals surface area contributed by atoms with Gasteiger partial charge in [-0.1, -0.05) is 48.0 Å². The van der Waals surface area contributed by atoms with Gasteiger partial charge in [0.15, 0.2) is 0 Å². The van der Waals surface area contributed by atoms with E-state index in [1.165, 1.54) is 5.56 Å². The maximum absolute atomic E-state index is 6.38. The fourth-order valence-electron chi connectivity index (χ4n) is 2.91. The molecule has 0 spiro atoms. The minimum atomic E-state index is -0.0258. The predicted octanol–water partition coefficient (Wildman–Crippen LogP) is 4.24. The molecule has 0 amide bonds. The molecule has 4 unspecified atom stereocenters. The molecular formula is C18H20ClNO. The van der Waals surface area contributed by atoms with Crippen molar-refractivity contribution in [1.82, 2.24) is 0 Å². The Bertz CT molecular complexity index is 601. The van der Waals surface area contributed by atoms with E-state index in [9.17, 15) is 0 Å². The number of hydrogen-bond acceptors (Lipinski definition) is 2. The van der Waals surface area contributed by atoms with Crippen LogP contribution < -0.4 is 10.5 Å². The minimum absolute atomic E-state index is 0.0258. The standard InChI is InChI=1S/C18H20ClNO/c1-12(21-15-9-5-8-14(19)10-15)18(20)17-11-16(17)13-6-3-2-4-7-13/h2-10,12,16-18H,11,20H2,1H3. The molecule has 0 radical (unpaired) electrons. The molecule has 1 aliphatic carbocycles. The Kier molecular flexibility index (Phi) is 4.18. The third kappa shape index (κ3) is 3.39. The molecule has 2 N–H and O–H groups in total. The molecule has 3 rings (SSSR count). The summed E-state index contributed by atoms with van der Waals surface area (Å²) >= 11 is 5.97. The molecule has 3 heteroatoms. The zero-order chi connectivity index (χ0) is 14.8. The Balaban J connectivity index is 1.60. The van der Waals surface area contributed by atoms with Crippen LogP contribution in [0.1, 0.15) is 24.8 Å². The van der Waals surface area contributed by atoms with Gasteiger partial charge >= 0.3 is 0 Å². The van der Waals surface area contributed by atoms with Gasteiger partial charge in [-0.15, -0.1) is 0 Å². The molecular weight excluding hydrogens is 282 g/mol. The quantitative estimate of drug-likeness (QED) is 0.896. The van der Waals surface area contributed by atoms with Crippen molar-refractivity contribution < 1.29 is 4.74 Å². The second-order valence-corrected chi connectivity index (χ2v) is 6.21. The van der Waals surface area contributed by atoms with E-state index in [2.05, 4.69) is 24.3 Å². The van der Waals surface area contributed by atoms with Gasteiger partial charge in [-0.05, 0) is 48.9 Å². The van der Waals surface area contributed by atoms with Gasteiger partial charge in [-0.2, -0.15) is 0 Å². The first-order valence-electron chi connectivity index (χ1n) is 7.38. The fourth-order valence-corrected chi connectivity index (χ4v) is 3.09. The average molecular weight is 302 g/mol. The fraction of sp³-hybridized carbons (Fsp3) is 0.333. The first-order valence-corrected chi connectivity index (χ1v) is 7.75. The van der Waals surface area contributed by atoms with Crippen LogP contribution in [-0.4, -0.2) is 12.1 Å². The molecule has 21 heavy (non-hydrogen) atoms. The van der Waals surface area contributed by atoms with Crippen molar-refractivity contribution in [2.45, 2.75) is 31.4 Å². The maximum atomic E-state index is 6.38. The Morgan fingerprint density at radius 1 is 1.14 bits per heavy atom. The highest BCUT2D eigenvalue weighted by atomic mass is 35.5. The van der Waals surface area contributed by atoms with E-state index < -0.39 is 0 Å². The summed E-state index contributed by atoms with van der Waals surface area (Å²) < 4.78 is 5.93. The molecule has 1 aliphatic rings. The van der Waals surface area contributed by atoms with Crippen LogP contribution >= 0.6 is 11.6 Å².